The van der Waals surface area contributed by atoms with Gasteiger partial charge in [-0.05, 0) is 68.6 Å². The highest BCUT2D eigenvalue weighted by molar-refractivity contribution is 6.02. The second-order valence-corrected chi connectivity index (χ2v) is 10.3. The summed E-state index contributed by atoms with van der Waals surface area (Å²) in [6.07, 6.45) is 6.42. The monoisotopic (exact) mass is 481 g/mol. The molecule has 0 saturated carbocycles. The van der Waals surface area contributed by atoms with E-state index < -0.39 is 0 Å². The van der Waals surface area contributed by atoms with E-state index >= 15 is 0 Å². The molecule has 3 aliphatic rings. The Hall–Kier alpha value is -3.10. The third-order valence-corrected chi connectivity index (χ3v) is 8.13. The van der Waals surface area contributed by atoms with Crippen molar-refractivity contribution in [2.45, 2.75) is 50.9 Å². The van der Waals surface area contributed by atoms with Crippen LogP contribution in [0.3, 0.4) is 0 Å². The van der Waals surface area contributed by atoms with E-state index in [2.05, 4.69) is 33.5 Å². The molecule has 9 nitrogen and oxygen atoms in total. The standard InChI is InChI=1S/C26H35N5O4/c1-29-22-16-19(3-4-20(22)24(28-29)21-5-6-23(32)27-25(21)33)30-11-7-17(8-12-30)15-18-9-13-31(14-10-18)26(34)35-2/h3-4,16-18,21H,5-15H2,1-2H3,(H,27,32,33). The lowest BCUT2D eigenvalue weighted by atomic mass is 9.83. The second-order valence-electron chi connectivity index (χ2n) is 10.3. The number of benzene rings is 1. The molecule has 1 atom stereocenters. The highest BCUT2D eigenvalue weighted by atomic mass is 16.5. The van der Waals surface area contributed by atoms with E-state index in [0.717, 1.165) is 61.5 Å². The average Bonchev–Trinajstić information content (AvgIpc) is 3.20. The first-order valence-electron chi connectivity index (χ1n) is 12.8. The van der Waals surface area contributed by atoms with E-state index in [1.807, 2.05) is 16.6 Å². The first kappa shape index (κ1) is 23.6. The summed E-state index contributed by atoms with van der Waals surface area (Å²) in [7, 11) is 3.37. The molecule has 0 bridgehead atoms. The van der Waals surface area contributed by atoms with Gasteiger partial charge in [0.25, 0.3) is 0 Å². The summed E-state index contributed by atoms with van der Waals surface area (Å²) in [5.41, 5.74) is 2.97. The van der Waals surface area contributed by atoms with Crippen LogP contribution >= 0.6 is 0 Å². The molecule has 188 valence electrons. The largest absolute Gasteiger partial charge is 0.453 e. The molecule has 3 fully saturated rings. The van der Waals surface area contributed by atoms with Crippen molar-refractivity contribution in [2.75, 3.05) is 38.2 Å². The Bertz CT molecular complexity index is 1110. The molecule has 1 unspecified atom stereocenters. The molecular formula is C26H35N5O4. The lowest BCUT2D eigenvalue weighted by Crippen LogP contribution is -2.39. The van der Waals surface area contributed by atoms with Gasteiger partial charge in [-0.2, -0.15) is 5.10 Å². The fraction of sp³-hybridized carbons (Fsp3) is 0.615. The predicted octanol–water partition coefficient (Wildman–Crippen LogP) is 3.18. The zero-order valence-corrected chi connectivity index (χ0v) is 20.7. The Morgan fingerprint density at radius 3 is 2.40 bits per heavy atom. The summed E-state index contributed by atoms with van der Waals surface area (Å²) in [5.74, 6) is 0.606. The molecule has 0 spiro atoms. The topological polar surface area (TPSA) is 96.8 Å². The molecule has 0 aliphatic carbocycles. The van der Waals surface area contributed by atoms with Crippen LogP contribution in [0.1, 0.15) is 56.6 Å². The van der Waals surface area contributed by atoms with Gasteiger partial charge in [0.1, 0.15) is 0 Å². The van der Waals surface area contributed by atoms with Crippen molar-refractivity contribution in [1.82, 2.24) is 20.0 Å². The number of ether oxygens (including phenoxy) is 1. The van der Waals surface area contributed by atoms with E-state index in [-0.39, 0.29) is 23.8 Å². The molecule has 1 aromatic carbocycles. The number of likely N-dealkylation sites (tertiary alicyclic amines) is 1. The number of imide groups is 1. The van der Waals surface area contributed by atoms with Crippen molar-refractivity contribution in [1.29, 1.82) is 0 Å². The van der Waals surface area contributed by atoms with Crippen LogP contribution in [0, 0.1) is 11.8 Å². The van der Waals surface area contributed by atoms with Gasteiger partial charge < -0.3 is 14.5 Å². The third-order valence-electron chi connectivity index (χ3n) is 8.13. The van der Waals surface area contributed by atoms with Crippen molar-refractivity contribution in [3.05, 3.63) is 23.9 Å². The number of rotatable bonds is 4. The van der Waals surface area contributed by atoms with Gasteiger partial charge in [-0.3, -0.25) is 19.6 Å². The number of methoxy groups -OCH3 is 1. The van der Waals surface area contributed by atoms with Crippen molar-refractivity contribution >= 4 is 34.5 Å². The minimum atomic E-state index is -0.377. The number of nitrogens with zero attached hydrogens (tertiary/aromatic N) is 4. The van der Waals surface area contributed by atoms with Gasteiger partial charge in [0.05, 0.1) is 24.2 Å². The smallest absolute Gasteiger partial charge is 0.409 e. The normalized spacial score (nSPS) is 22.5. The molecule has 9 heteroatoms. The molecule has 1 N–H and O–H groups in total. The zero-order valence-electron chi connectivity index (χ0n) is 20.7. The van der Waals surface area contributed by atoms with E-state index in [9.17, 15) is 14.4 Å². The Morgan fingerprint density at radius 2 is 1.74 bits per heavy atom. The highest BCUT2D eigenvalue weighted by Crippen LogP contribution is 2.35. The number of aromatic nitrogens is 2. The quantitative estimate of drug-likeness (QED) is 0.674. The number of carbonyl (C=O) groups excluding carboxylic acids is 3. The average molecular weight is 482 g/mol. The molecule has 4 heterocycles. The summed E-state index contributed by atoms with van der Waals surface area (Å²) in [5, 5.41) is 8.10. The second kappa shape index (κ2) is 9.87. The third kappa shape index (κ3) is 4.86. The summed E-state index contributed by atoms with van der Waals surface area (Å²) in [4.78, 5) is 39.9. The number of hydrogen-bond acceptors (Lipinski definition) is 6. The maximum Gasteiger partial charge on any atom is 0.409 e. The lowest BCUT2D eigenvalue weighted by Gasteiger charge is -2.37. The van der Waals surface area contributed by atoms with Crippen molar-refractivity contribution in [3.63, 3.8) is 0 Å². The van der Waals surface area contributed by atoms with Gasteiger partial charge >= 0.3 is 6.09 Å². The SMILES string of the molecule is COC(=O)N1CCC(CC2CCN(c3ccc4c(C5CCC(=O)NC5=O)nn(C)c4c3)CC2)CC1. The highest BCUT2D eigenvalue weighted by Gasteiger charge is 2.32. The minimum Gasteiger partial charge on any atom is -0.453 e. The molecule has 0 radical (unpaired) electrons. The van der Waals surface area contributed by atoms with Crippen LogP contribution < -0.4 is 10.2 Å². The molecule has 3 saturated heterocycles. The maximum atomic E-state index is 12.4. The Labute approximate surface area is 205 Å². The van der Waals surface area contributed by atoms with E-state index in [0.29, 0.717) is 18.8 Å². The van der Waals surface area contributed by atoms with Crippen molar-refractivity contribution in [3.8, 4) is 0 Å². The van der Waals surface area contributed by atoms with Crippen LogP contribution in [0.5, 0.6) is 0 Å². The van der Waals surface area contributed by atoms with Crippen LogP contribution in [0.2, 0.25) is 0 Å². The van der Waals surface area contributed by atoms with Gasteiger partial charge in [0.15, 0.2) is 0 Å². The van der Waals surface area contributed by atoms with Gasteiger partial charge in [0, 0.05) is 50.7 Å². The molecule has 5 rings (SSSR count). The number of piperidine rings is 3. The van der Waals surface area contributed by atoms with Crippen LogP contribution in [0.15, 0.2) is 18.2 Å². The number of carbonyl (C=O) groups is 3. The summed E-state index contributed by atoms with van der Waals surface area (Å²) < 4.78 is 6.70. The van der Waals surface area contributed by atoms with Crippen LogP contribution in [-0.2, 0) is 21.4 Å². The lowest BCUT2D eigenvalue weighted by molar-refractivity contribution is -0.134. The van der Waals surface area contributed by atoms with Crippen molar-refractivity contribution < 1.29 is 19.1 Å². The van der Waals surface area contributed by atoms with Gasteiger partial charge in [-0.25, -0.2) is 4.79 Å². The number of hydrogen-bond donors (Lipinski definition) is 1. The fourth-order valence-electron chi connectivity index (χ4n) is 6.06. The molecule has 35 heavy (non-hydrogen) atoms. The predicted molar refractivity (Wildman–Crippen MR) is 132 cm³/mol. The number of nitrogens with one attached hydrogen (secondary N) is 1. The van der Waals surface area contributed by atoms with E-state index in [1.54, 1.807) is 0 Å². The Kier molecular flexibility index (Phi) is 6.67. The number of fused-ring (bicyclic) bond motifs is 1. The summed E-state index contributed by atoms with van der Waals surface area (Å²) >= 11 is 0. The first-order valence-corrected chi connectivity index (χ1v) is 12.8. The van der Waals surface area contributed by atoms with Gasteiger partial charge in [-0.15, -0.1) is 0 Å². The minimum absolute atomic E-state index is 0.202. The van der Waals surface area contributed by atoms with Gasteiger partial charge in [-0.1, -0.05) is 0 Å². The number of anilines is 1. The first-order chi connectivity index (χ1) is 16.9. The molecule has 1 aromatic heterocycles. The van der Waals surface area contributed by atoms with Crippen LogP contribution in [0.25, 0.3) is 10.9 Å². The summed E-state index contributed by atoms with van der Waals surface area (Å²) in [6, 6.07) is 6.40. The van der Waals surface area contributed by atoms with Crippen LogP contribution in [0.4, 0.5) is 10.5 Å². The molecule has 3 aliphatic heterocycles. The zero-order chi connectivity index (χ0) is 24.5. The number of aryl methyl sites for hydroxylation is 1. The van der Waals surface area contributed by atoms with Crippen molar-refractivity contribution in [2.24, 2.45) is 18.9 Å². The Morgan fingerprint density at radius 1 is 1.06 bits per heavy atom. The summed E-state index contributed by atoms with van der Waals surface area (Å²) in [6.45, 7) is 3.69. The van der Waals surface area contributed by atoms with E-state index in [4.69, 9.17) is 4.74 Å². The molecule has 2 aromatic rings. The van der Waals surface area contributed by atoms with E-state index in [1.165, 1.54) is 32.1 Å². The maximum absolute atomic E-state index is 12.4. The molecular weight excluding hydrogens is 446 g/mol. The Balaban J connectivity index is 1.19. The van der Waals surface area contributed by atoms with Crippen LogP contribution in [-0.4, -0.2) is 65.9 Å². The molecule has 3 amide bonds. The number of amides is 3. The fourth-order valence-corrected chi connectivity index (χ4v) is 6.06. The van der Waals surface area contributed by atoms with Gasteiger partial charge in [0.2, 0.25) is 11.8 Å².